The minimum Gasteiger partial charge on any atom is -0.386 e. The van der Waals surface area contributed by atoms with Crippen LogP contribution in [0, 0.1) is 23.2 Å². The molecule has 3 rings (SSSR count). The number of pyridine rings is 1. The third-order valence-electron chi connectivity index (χ3n) is 6.11. The fourth-order valence-corrected chi connectivity index (χ4v) is 4.13. The summed E-state index contributed by atoms with van der Waals surface area (Å²) in [5.41, 5.74) is 11.1. The van der Waals surface area contributed by atoms with Gasteiger partial charge in [0.2, 0.25) is 11.9 Å². The fraction of sp³-hybridized carbons (Fsp3) is 0.571. The molecule has 2 fully saturated rings. The van der Waals surface area contributed by atoms with Gasteiger partial charge in [-0.3, -0.25) is 14.7 Å². The number of nitrogens with two attached hydrogens (primary N) is 2. The van der Waals surface area contributed by atoms with E-state index in [1.807, 2.05) is 0 Å². The van der Waals surface area contributed by atoms with Gasteiger partial charge >= 0.3 is 0 Å². The van der Waals surface area contributed by atoms with Crippen molar-refractivity contribution in [3.63, 3.8) is 0 Å². The van der Waals surface area contributed by atoms with E-state index >= 15 is 0 Å². The lowest BCUT2D eigenvalue weighted by Gasteiger charge is -2.47. The van der Waals surface area contributed by atoms with Crippen molar-refractivity contribution in [1.82, 2.24) is 9.88 Å². The number of methoxy groups -OCH3 is 1. The highest BCUT2D eigenvalue weighted by Gasteiger charge is 2.40. The summed E-state index contributed by atoms with van der Waals surface area (Å²) in [5, 5.41) is 9.35. The standard InChI is InChI=1S/C21H28FN7O2/c1-31-16-12-29(13-16)15-2-5-21(6-3-15,7-8-23)27-11-17(20(25)30)19(24)28-14-4-9-26-18(22)10-14/h4,9-11,15-17H,2-3,5-7,12-13H2,1H3,(H2,25,30)(H2,24,26,28). The van der Waals surface area contributed by atoms with Gasteiger partial charge in [-0.2, -0.15) is 9.65 Å². The Kier molecular flexibility index (Phi) is 7.30. The molecule has 1 saturated carbocycles. The first-order chi connectivity index (χ1) is 14.9. The summed E-state index contributed by atoms with van der Waals surface area (Å²) in [6.07, 6.45) is 6.48. The number of halogens is 1. The Bertz CT molecular complexity index is 884. The Morgan fingerprint density at radius 3 is 2.77 bits per heavy atom. The number of amidine groups is 1. The molecule has 9 nitrogen and oxygen atoms in total. The molecule has 1 aliphatic carbocycles. The zero-order chi connectivity index (χ0) is 22.4. The van der Waals surface area contributed by atoms with Crippen LogP contribution in [0.15, 0.2) is 28.3 Å². The first-order valence-electron chi connectivity index (χ1n) is 10.3. The second-order valence-electron chi connectivity index (χ2n) is 8.13. The number of hydrogen-bond acceptors (Lipinski definition) is 7. The van der Waals surface area contributed by atoms with Gasteiger partial charge in [-0.25, -0.2) is 9.98 Å². The van der Waals surface area contributed by atoms with Crippen molar-refractivity contribution in [3.05, 3.63) is 24.3 Å². The first kappa shape index (κ1) is 22.8. The van der Waals surface area contributed by atoms with Gasteiger partial charge in [-0.15, -0.1) is 0 Å². The smallest absolute Gasteiger partial charge is 0.233 e. The van der Waals surface area contributed by atoms with Crippen LogP contribution in [0.25, 0.3) is 0 Å². The van der Waals surface area contributed by atoms with Gasteiger partial charge in [0.1, 0.15) is 11.8 Å². The third-order valence-corrected chi connectivity index (χ3v) is 6.11. The first-order valence-corrected chi connectivity index (χ1v) is 10.3. The van der Waals surface area contributed by atoms with E-state index in [2.05, 4.69) is 25.9 Å². The molecule has 1 atom stereocenters. The maximum absolute atomic E-state index is 13.3. The summed E-state index contributed by atoms with van der Waals surface area (Å²) in [4.78, 5) is 26.6. The van der Waals surface area contributed by atoms with Crippen LogP contribution in [0.2, 0.25) is 0 Å². The SMILES string of the molecule is COC1CN(C2CCC(CC#N)(N=CC(C(N)=O)C(N)=Nc3ccnc(F)c3)CC2)C1. The molecule has 1 aliphatic heterocycles. The number of aliphatic imine (C=N–C) groups is 2. The van der Waals surface area contributed by atoms with Crippen LogP contribution in [-0.2, 0) is 9.53 Å². The number of hydrogen-bond donors (Lipinski definition) is 2. The average molecular weight is 430 g/mol. The monoisotopic (exact) mass is 429 g/mol. The zero-order valence-electron chi connectivity index (χ0n) is 17.6. The van der Waals surface area contributed by atoms with Gasteiger partial charge in [0.25, 0.3) is 0 Å². The van der Waals surface area contributed by atoms with Crippen LogP contribution in [0.5, 0.6) is 0 Å². The minimum atomic E-state index is -1.05. The molecule has 2 aliphatic rings. The molecule has 0 aromatic carbocycles. The normalized spacial score (nSPS) is 26.4. The van der Waals surface area contributed by atoms with Crippen LogP contribution in [0.4, 0.5) is 10.1 Å². The number of carbonyl (C=O) groups excluding carboxylic acids is 1. The van der Waals surface area contributed by atoms with E-state index in [0.717, 1.165) is 44.8 Å². The van der Waals surface area contributed by atoms with Gasteiger partial charge < -0.3 is 16.2 Å². The molecule has 1 aromatic heterocycles. The lowest BCUT2D eigenvalue weighted by molar-refractivity contribution is -0.118. The maximum atomic E-state index is 13.3. The molecule has 0 bridgehead atoms. The van der Waals surface area contributed by atoms with Crippen LogP contribution >= 0.6 is 0 Å². The second-order valence-corrected chi connectivity index (χ2v) is 8.13. The number of aromatic nitrogens is 1. The van der Waals surface area contributed by atoms with Crippen molar-refractivity contribution in [2.75, 3.05) is 20.2 Å². The lowest BCUT2D eigenvalue weighted by Crippen LogP contribution is -2.57. The molecule has 31 heavy (non-hydrogen) atoms. The van der Waals surface area contributed by atoms with Crippen molar-refractivity contribution in [1.29, 1.82) is 5.26 Å². The van der Waals surface area contributed by atoms with Gasteiger partial charge in [0, 0.05) is 44.7 Å². The summed E-state index contributed by atoms with van der Waals surface area (Å²) in [6.45, 7) is 1.87. The summed E-state index contributed by atoms with van der Waals surface area (Å²) in [7, 11) is 1.73. The van der Waals surface area contributed by atoms with Crippen molar-refractivity contribution in [2.24, 2.45) is 27.4 Å². The number of nitrogens with zero attached hydrogens (tertiary/aromatic N) is 5. The van der Waals surface area contributed by atoms with Gasteiger partial charge in [-0.1, -0.05) is 0 Å². The summed E-state index contributed by atoms with van der Waals surface area (Å²) >= 11 is 0. The van der Waals surface area contributed by atoms with Crippen LogP contribution in [-0.4, -0.2) is 65.7 Å². The average Bonchev–Trinajstić information content (AvgIpc) is 2.69. The van der Waals surface area contributed by atoms with Crippen molar-refractivity contribution < 1.29 is 13.9 Å². The number of carbonyl (C=O) groups is 1. The Morgan fingerprint density at radius 2 is 2.19 bits per heavy atom. The Hall–Kier alpha value is -2.90. The van der Waals surface area contributed by atoms with Gasteiger partial charge in [0.05, 0.1) is 29.8 Å². The maximum Gasteiger partial charge on any atom is 0.233 e. The van der Waals surface area contributed by atoms with Crippen LogP contribution in [0.3, 0.4) is 0 Å². The van der Waals surface area contributed by atoms with E-state index in [-0.39, 0.29) is 17.9 Å². The quantitative estimate of drug-likeness (QED) is 0.362. The van der Waals surface area contributed by atoms with E-state index in [0.29, 0.717) is 12.1 Å². The molecular weight excluding hydrogens is 401 g/mol. The van der Waals surface area contributed by atoms with Crippen LogP contribution < -0.4 is 11.5 Å². The van der Waals surface area contributed by atoms with E-state index in [1.54, 1.807) is 7.11 Å². The number of nitriles is 1. The minimum absolute atomic E-state index is 0.0890. The third kappa shape index (κ3) is 5.62. The highest BCUT2D eigenvalue weighted by atomic mass is 19.1. The molecule has 1 aromatic rings. The number of rotatable bonds is 8. The predicted molar refractivity (Wildman–Crippen MR) is 114 cm³/mol. The summed E-state index contributed by atoms with van der Waals surface area (Å²) < 4.78 is 18.6. The van der Waals surface area contributed by atoms with Crippen molar-refractivity contribution in [3.8, 4) is 6.07 Å². The van der Waals surface area contributed by atoms with E-state index in [4.69, 9.17) is 16.2 Å². The largest absolute Gasteiger partial charge is 0.386 e. The summed E-state index contributed by atoms with van der Waals surface area (Å²) in [5.74, 6) is -2.57. The Morgan fingerprint density at radius 1 is 1.48 bits per heavy atom. The zero-order valence-corrected chi connectivity index (χ0v) is 17.6. The molecular formula is C21H28FN7O2. The predicted octanol–water partition coefficient (Wildman–Crippen LogP) is 1.31. The molecule has 0 spiro atoms. The van der Waals surface area contributed by atoms with E-state index < -0.39 is 23.3 Å². The van der Waals surface area contributed by atoms with Crippen molar-refractivity contribution in [2.45, 2.75) is 49.8 Å². The van der Waals surface area contributed by atoms with Crippen molar-refractivity contribution >= 4 is 23.6 Å². The second kappa shape index (κ2) is 9.94. The molecule has 10 heteroatoms. The Balaban J connectivity index is 1.70. The highest BCUT2D eigenvalue weighted by molar-refractivity contribution is 6.14. The molecule has 1 unspecified atom stereocenters. The van der Waals surface area contributed by atoms with E-state index in [1.165, 1.54) is 18.5 Å². The molecule has 0 radical (unpaired) electrons. The molecule has 1 amide bonds. The van der Waals surface area contributed by atoms with E-state index in [9.17, 15) is 14.4 Å². The highest BCUT2D eigenvalue weighted by Crippen LogP contribution is 2.37. The number of ether oxygens (including phenoxy) is 1. The van der Waals surface area contributed by atoms with Gasteiger partial charge in [0.15, 0.2) is 0 Å². The number of primary amides is 1. The molecule has 4 N–H and O–H groups in total. The topological polar surface area (TPSA) is 143 Å². The lowest BCUT2D eigenvalue weighted by atomic mass is 9.77. The number of amides is 1. The Labute approximate surface area is 181 Å². The number of likely N-dealkylation sites (tertiary alicyclic amines) is 1. The van der Waals surface area contributed by atoms with Crippen LogP contribution in [0.1, 0.15) is 32.1 Å². The summed E-state index contributed by atoms with van der Waals surface area (Å²) in [6, 6.07) is 5.24. The molecule has 2 heterocycles. The fourth-order valence-electron chi connectivity index (χ4n) is 4.13. The molecule has 1 saturated heterocycles. The molecule has 166 valence electrons. The van der Waals surface area contributed by atoms with Gasteiger partial charge in [-0.05, 0) is 31.7 Å².